The second-order valence-electron chi connectivity index (χ2n) is 8.00. The van der Waals surface area contributed by atoms with E-state index in [4.69, 9.17) is 9.47 Å². The number of ether oxygens (including phenoxy) is 2. The number of carbonyl (C=O) groups is 2. The minimum atomic E-state index is -0.282. The first-order chi connectivity index (χ1) is 13.6. The molecule has 28 heavy (non-hydrogen) atoms. The zero-order valence-electron chi connectivity index (χ0n) is 17.6. The predicted octanol–water partition coefficient (Wildman–Crippen LogP) is 6.47. The third kappa shape index (κ3) is 8.04. The molecule has 1 aromatic rings. The Morgan fingerprint density at radius 1 is 0.893 bits per heavy atom. The maximum Gasteiger partial charge on any atom is 0.338 e. The molecule has 156 valence electrons. The van der Waals surface area contributed by atoms with E-state index in [0.717, 1.165) is 50.9 Å². The lowest BCUT2D eigenvalue weighted by atomic mass is 9.84. The molecule has 0 aromatic heterocycles. The number of esters is 2. The van der Waals surface area contributed by atoms with Gasteiger partial charge in [-0.25, -0.2) is 4.79 Å². The van der Waals surface area contributed by atoms with Crippen molar-refractivity contribution in [3.05, 3.63) is 29.8 Å². The molecule has 4 nitrogen and oxygen atoms in total. The Balaban J connectivity index is 1.72. The van der Waals surface area contributed by atoms with Gasteiger partial charge in [-0.05, 0) is 62.3 Å². The van der Waals surface area contributed by atoms with Crippen molar-refractivity contribution in [2.75, 3.05) is 0 Å². The summed E-state index contributed by atoms with van der Waals surface area (Å²) in [4.78, 5) is 24.1. The van der Waals surface area contributed by atoms with Crippen molar-refractivity contribution >= 4 is 11.9 Å². The molecule has 0 bridgehead atoms. The highest BCUT2D eigenvalue weighted by molar-refractivity contribution is 5.89. The lowest BCUT2D eigenvalue weighted by Crippen LogP contribution is -2.24. The molecule has 1 aliphatic rings. The Bertz CT molecular complexity index is 585. The Morgan fingerprint density at radius 2 is 1.54 bits per heavy atom. The highest BCUT2D eigenvalue weighted by atomic mass is 16.5. The van der Waals surface area contributed by atoms with Gasteiger partial charge >= 0.3 is 11.9 Å². The van der Waals surface area contributed by atoms with E-state index in [1.807, 2.05) is 0 Å². The van der Waals surface area contributed by atoms with Crippen LogP contribution in [0, 0.1) is 5.92 Å². The van der Waals surface area contributed by atoms with E-state index in [0.29, 0.717) is 17.7 Å². The fourth-order valence-electron chi connectivity index (χ4n) is 3.80. The van der Waals surface area contributed by atoms with Crippen LogP contribution in [0.4, 0.5) is 0 Å². The van der Waals surface area contributed by atoms with E-state index in [9.17, 15) is 9.59 Å². The average molecular weight is 389 g/mol. The van der Waals surface area contributed by atoms with Crippen LogP contribution >= 0.6 is 0 Å². The van der Waals surface area contributed by atoms with Gasteiger partial charge in [-0.3, -0.25) is 4.79 Å². The minimum absolute atomic E-state index is 0.0333. The lowest BCUT2D eigenvalue weighted by molar-refractivity contribution is -0.134. The first-order valence-corrected chi connectivity index (χ1v) is 11.1. The molecule has 0 heterocycles. The van der Waals surface area contributed by atoms with Crippen molar-refractivity contribution in [3.63, 3.8) is 0 Å². The molecule has 1 aromatic carbocycles. The molecule has 1 fully saturated rings. The molecule has 1 aliphatic carbocycles. The van der Waals surface area contributed by atoms with Crippen molar-refractivity contribution in [3.8, 4) is 5.75 Å². The summed E-state index contributed by atoms with van der Waals surface area (Å²) in [6.45, 7) is 4.34. The summed E-state index contributed by atoms with van der Waals surface area (Å²) in [5.74, 6) is 0.771. The van der Waals surface area contributed by atoms with Crippen LogP contribution in [0.5, 0.6) is 5.75 Å². The highest BCUT2D eigenvalue weighted by Gasteiger charge is 2.24. The lowest BCUT2D eigenvalue weighted by Gasteiger charge is -2.28. The Kier molecular flexibility index (Phi) is 10.1. The van der Waals surface area contributed by atoms with Crippen molar-refractivity contribution in [1.29, 1.82) is 0 Å². The first-order valence-electron chi connectivity index (χ1n) is 11.1. The molecule has 0 spiro atoms. The third-order valence-electron chi connectivity index (χ3n) is 5.59. The summed E-state index contributed by atoms with van der Waals surface area (Å²) in [6.07, 6.45) is 12.9. The molecule has 0 saturated heterocycles. The predicted molar refractivity (Wildman–Crippen MR) is 112 cm³/mol. The fourth-order valence-corrected chi connectivity index (χ4v) is 3.80. The van der Waals surface area contributed by atoms with Gasteiger partial charge in [0.2, 0.25) is 0 Å². The van der Waals surface area contributed by atoms with Crippen LogP contribution < -0.4 is 4.74 Å². The Hall–Kier alpha value is -1.84. The number of carbonyl (C=O) groups excluding carboxylic acids is 2. The van der Waals surface area contributed by atoms with E-state index >= 15 is 0 Å². The molecule has 2 rings (SSSR count). The summed E-state index contributed by atoms with van der Waals surface area (Å²) in [7, 11) is 0. The van der Waals surface area contributed by atoms with E-state index < -0.39 is 0 Å². The van der Waals surface area contributed by atoms with Gasteiger partial charge in [0, 0.05) is 6.42 Å². The van der Waals surface area contributed by atoms with Crippen LogP contribution in [0.15, 0.2) is 24.3 Å². The largest absolute Gasteiger partial charge is 0.459 e. The summed E-state index contributed by atoms with van der Waals surface area (Å²) in [5.41, 5.74) is 0.510. The molecular weight excluding hydrogens is 352 g/mol. The number of hydrogen-bond acceptors (Lipinski definition) is 4. The SMILES string of the molecule is CCCCCC(=O)Oc1ccc(C(=O)OC2CCC(CCCCC)CC2)cc1. The van der Waals surface area contributed by atoms with Crippen molar-refractivity contribution in [2.45, 2.75) is 97.0 Å². The molecule has 0 radical (unpaired) electrons. The van der Waals surface area contributed by atoms with Crippen LogP contribution in [-0.4, -0.2) is 18.0 Å². The molecule has 0 atom stereocenters. The van der Waals surface area contributed by atoms with Gasteiger partial charge in [0.1, 0.15) is 11.9 Å². The minimum Gasteiger partial charge on any atom is -0.459 e. The highest BCUT2D eigenvalue weighted by Crippen LogP contribution is 2.30. The molecule has 1 saturated carbocycles. The van der Waals surface area contributed by atoms with Crippen LogP contribution in [0.3, 0.4) is 0 Å². The van der Waals surface area contributed by atoms with Gasteiger partial charge in [0.25, 0.3) is 0 Å². The average Bonchev–Trinajstić information content (AvgIpc) is 2.70. The summed E-state index contributed by atoms with van der Waals surface area (Å²) in [5, 5.41) is 0. The summed E-state index contributed by atoms with van der Waals surface area (Å²) >= 11 is 0. The van der Waals surface area contributed by atoms with Gasteiger partial charge in [-0.2, -0.15) is 0 Å². The molecule has 0 unspecified atom stereocenters. The van der Waals surface area contributed by atoms with E-state index in [1.54, 1.807) is 24.3 Å². The van der Waals surface area contributed by atoms with Gasteiger partial charge in [-0.1, -0.05) is 52.4 Å². The summed E-state index contributed by atoms with van der Waals surface area (Å²) in [6, 6.07) is 6.68. The first kappa shape index (κ1) is 22.4. The Morgan fingerprint density at radius 3 is 2.18 bits per heavy atom. The molecule has 4 heteroatoms. The maximum absolute atomic E-state index is 12.4. The Labute approximate surface area is 170 Å². The van der Waals surface area contributed by atoms with Gasteiger partial charge < -0.3 is 9.47 Å². The summed E-state index contributed by atoms with van der Waals surface area (Å²) < 4.78 is 11.0. The van der Waals surface area contributed by atoms with E-state index in [-0.39, 0.29) is 18.0 Å². The molecular formula is C24H36O4. The van der Waals surface area contributed by atoms with Crippen LogP contribution in [0.1, 0.15) is 101 Å². The zero-order chi connectivity index (χ0) is 20.2. The van der Waals surface area contributed by atoms with Crippen molar-refractivity contribution in [1.82, 2.24) is 0 Å². The van der Waals surface area contributed by atoms with Crippen molar-refractivity contribution in [2.24, 2.45) is 5.92 Å². The van der Waals surface area contributed by atoms with E-state index in [2.05, 4.69) is 13.8 Å². The number of benzene rings is 1. The zero-order valence-corrected chi connectivity index (χ0v) is 17.6. The maximum atomic E-state index is 12.4. The van der Waals surface area contributed by atoms with Crippen LogP contribution in [-0.2, 0) is 9.53 Å². The smallest absolute Gasteiger partial charge is 0.338 e. The number of rotatable bonds is 11. The quantitative estimate of drug-likeness (QED) is 0.248. The molecule has 0 amide bonds. The topological polar surface area (TPSA) is 52.6 Å². The second kappa shape index (κ2) is 12.6. The van der Waals surface area contributed by atoms with Crippen LogP contribution in [0.25, 0.3) is 0 Å². The van der Waals surface area contributed by atoms with E-state index in [1.165, 1.54) is 25.7 Å². The van der Waals surface area contributed by atoms with Crippen molar-refractivity contribution < 1.29 is 19.1 Å². The molecule has 0 N–H and O–H groups in total. The monoisotopic (exact) mass is 388 g/mol. The number of hydrogen-bond donors (Lipinski definition) is 0. The van der Waals surface area contributed by atoms with Gasteiger partial charge in [0.05, 0.1) is 5.56 Å². The molecule has 0 aliphatic heterocycles. The van der Waals surface area contributed by atoms with Gasteiger partial charge in [0.15, 0.2) is 0 Å². The standard InChI is InChI=1S/C24H36O4/c1-3-5-7-9-19-11-15-22(16-12-19)28-24(26)20-13-17-21(18-14-20)27-23(25)10-8-6-4-2/h13-14,17-19,22H,3-12,15-16H2,1-2H3. The number of unbranched alkanes of at least 4 members (excludes halogenated alkanes) is 4. The van der Waals surface area contributed by atoms with Crippen LogP contribution in [0.2, 0.25) is 0 Å². The third-order valence-corrected chi connectivity index (χ3v) is 5.59. The second-order valence-corrected chi connectivity index (χ2v) is 8.00. The normalized spacial score (nSPS) is 19.2. The van der Waals surface area contributed by atoms with Gasteiger partial charge in [-0.15, -0.1) is 0 Å². The fraction of sp³-hybridized carbons (Fsp3) is 0.667.